The summed E-state index contributed by atoms with van der Waals surface area (Å²) < 4.78 is 0. The number of rotatable bonds is 5. The van der Waals surface area contributed by atoms with Gasteiger partial charge in [0.2, 0.25) is 0 Å². The molecule has 0 aromatic heterocycles. The van der Waals surface area contributed by atoms with E-state index in [-0.39, 0.29) is 11.3 Å². The number of nitro benzene ring substituents is 1. The molecular formula is C16H14ClN3O2. The molecule has 0 saturated heterocycles. The average Bonchev–Trinajstić information content (AvgIpc) is 2.53. The summed E-state index contributed by atoms with van der Waals surface area (Å²) in [4.78, 5) is 12.4. The van der Waals surface area contributed by atoms with Crippen LogP contribution in [0.2, 0.25) is 5.02 Å². The van der Waals surface area contributed by atoms with E-state index in [4.69, 9.17) is 16.9 Å². The molecule has 5 nitrogen and oxygen atoms in total. The maximum atomic E-state index is 10.9. The Morgan fingerprint density at radius 3 is 2.50 bits per heavy atom. The van der Waals surface area contributed by atoms with Crippen molar-refractivity contribution >= 4 is 23.0 Å². The smallest absolute Gasteiger partial charge is 0.287 e. The van der Waals surface area contributed by atoms with Crippen LogP contribution >= 0.6 is 11.6 Å². The van der Waals surface area contributed by atoms with E-state index < -0.39 is 4.92 Å². The van der Waals surface area contributed by atoms with Gasteiger partial charge in [0, 0.05) is 29.9 Å². The highest BCUT2D eigenvalue weighted by Gasteiger charge is 2.16. The van der Waals surface area contributed by atoms with Gasteiger partial charge in [-0.15, -0.1) is 0 Å². The van der Waals surface area contributed by atoms with Crippen molar-refractivity contribution < 1.29 is 4.92 Å². The van der Waals surface area contributed by atoms with Gasteiger partial charge >= 0.3 is 0 Å². The van der Waals surface area contributed by atoms with Crippen LogP contribution in [0.4, 0.5) is 11.4 Å². The Hall–Kier alpha value is -2.58. The van der Waals surface area contributed by atoms with Crippen molar-refractivity contribution in [3.05, 3.63) is 68.7 Å². The first-order valence-corrected chi connectivity index (χ1v) is 7.11. The third-order valence-electron chi connectivity index (χ3n) is 3.33. The van der Waals surface area contributed by atoms with E-state index in [1.807, 2.05) is 42.2 Å². The van der Waals surface area contributed by atoms with Crippen molar-refractivity contribution in [1.29, 1.82) is 5.26 Å². The second-order valence-electron chi connectivity index (χ2n) is 4.71. The summed E-state index contributed by atoms with van der Waals surface area (Å²) >= 11 is 5.87. The molecule has 0 atom stereocenters. The zero-order chi connectivity index (χ0) is 16.1. The first kappa shape index (κ1) is 15.8. The Balaban J connectivity index is 2.29. The Bertz CT molecular complexity index is 723. The van der Waals surface area contributed by atoms with E-state index in [9.17, 15) is 10.1 Å². The van der Waals surface area contributed by atoms with Crippen molar-refractivity contribution in [3.63, 3.8) is 0 Å². The van der Waals surface area contributed by atoms with Crippen LogP contribution in [0.25, 0.3) is 0 Å². The van der Waals surface area contributed by atoms with Gasteiger partial charge in [-0.3, -0.25) is 10.1 Å². The molecule has 0 fully saturated rings. The molecule has 22 heavy (non-hydrogen) atoms. The largest absolute Gasteiger partial charge is 0.367 e. The number of nitro groups is 1. The Kier molecular flexibility index (Phi) is 4.97. The molecule has 0 aliphatic rings. The van der Waals surface area contributed by atoms with Crippen molar-refractivity contribution in [2.45, 2.75) is 13.5 Å². The fourth-order valence-electron chi connectivity index (χ4n) is 2.17. The van der Waals surface area contributed by atoms with Crippen molar-refractivity contribution in [1.82, 2.24) is 0 Å². The molecule has 0 heterocycles. The number of hydrogen-bond donors (Lipinski definition) is 0. The van der Waals surface area contributed by atoms with Crippen LogP contribution in [-0.4, -0.2) is 11.5 Å². The fourth-order valence-corrected chi connectivity index (χ4v) is 2.29. The van der Waals surface area contributed by atoms with Gasteiger partial charge < -0.3 is 4.90 Å². The first-order chi connectivity index (χ1) is 10.5. The van der Waals surface area contributed by atoms with E-state index in [1.165, 1.54) is 6.07 Å². The number of nitriles is 1. The fraction of sp³-hybridized carbons (Fsp3) is 0.188. The minimum Gasteiger partial charge on any atom is -0.367 e. The van der Waals surface area contributed by atoms with E-state index in [0.717, 1.165) is 11.3 Å². The van der Waals surface area contributed by atoms with Gasteiger partial charge in [0.05, 0.1) is 4.92 Å². The lowest BCUT2D eigenvalue weighted by atomic mass is 10.1. The first-order valence-electron chi connectivity index (χ1n) is 6.73. The predicted octanol–water partition coefficient (Wildman–Crippen LogP) is 4.15. The molecule has 112 valence electrons. The van der Waals surface area contributed by atoms with Gasteiger partial charge in [-0.2, -0.15) is 5.26 Å². The topological polar surface area (TPSA) is 70.2 Å². The predicted molar refractivity (Wildman–Crippen MR) is 86.0 cm³/mol. The minimum atomic E-state index is -0.544. The molecule has 0 saturated carbocycles. The van der Waals surface area contributed by atoms with Crippen LogP contribution in [0.1, 0.15) is 18.1 Å². The van der Waals surface area contributed by atoms with Gasteiger partial charge in [-0.25, -0.2) is 0 Å². The van der Waals surface area contributed by atoms with E-state index >= 15 is 0 Å². The molecule has 0 spiro atoms. The summed E-state index contributed by atoms with van der Waals surface area (Å²) in [6.45, 7) is 3.34. The van der Waals surface area contributed by atoms with Crippen LogP contribution in [-0.2, 0) is 6.54 Å². The van der Waals surface area contributed by atoms with Gasteiger partial charge in [-0.05, 0) is 36.8 Å². The van der Waals surface area contributed by atoms with Crippen LogP contribution in [0.15, 0.2) is 42.5 Å². The highest BCUT2D eigenvalue weighted by atomic mass is 35.5. The third-order valence-corrected chi connectivity index (χ3v) is 3.58. The second kappa shape index (κ2) is 6.92. The van der Waals surface area contributed by atoms with Crippen LogP contribution in [0.5, 0.6) is 0 Å². The second-order valence-corrected chi connectivity index (χ2v) is 5.15. The van der Waals surface area contributed by atoms with Gasteiger partial charge in [0.25, 0.3) is 5.69 Å². The average molecular weight is 316 g/mol. The summed E-state index contributed by atoms with van der Waals surface area (Å²) in [5.41, 5.74) is 1.74. The molecule has 6 heteroatoms. The lowest BCUT2D eigenvalue weighted by Crippen LogP contribution is -2.22. The number of benzene rings is 2. The van der Waals surface area contributed by atoms with Crippen LogP contribution < -0.4 is 4.90 Å². The molecule has 0 unspecified atom stereocenters. The minimum absolute atomic E-state index is 0.0667. The summed E-state index contributed by atoms with van der Waals surface area (Å²) in [5, 5.41) is 20.6. The summed E-state index contributed by atoms with van der Waals surface area (Å²) in [6, 6.07) is 14.0. The summed E-state index contributed by atoms with van der Waals surface area (Å²) in [6.07, 6.45) is 0. The quantitative estimate of drug-likeness (QED) is 0.614. The third kappa shape index (κ3) is 3.54. The number of anilines is 1. The maximum Gasteiger partial charge on any atom is 0.287 e. The normalized spacial score (nSPS) is 10.0. The Labute approximate surface area is 133 Å². The van der Waals surface area contributed by atoms with Crippen LogP contribution in [0, 0.1) is 21.4 Å². The van der Waals surface area contributed by atoms with E-state index in [2.05, 4.69) is 0 Å². The molecule has 2 rings (SSSR count). The van der Waals surface area contributed by atoms with E-state index in [0.29, 0.717) is 18.1 Å². The van der Waals surface area contributed by atoms with Crippen LogP contribution in [0.3, 0.4) is 0 Å². The molecule has 0 aliphatic carbocycles. The monoisotopic (exact) mass is 315 g/mol. The summed E-state index contributed by atoms with van der Waals surface area (Å²) in [7, 11) is 0. The zero-order valence-electron chi connectivity index (χ0n) is 12.0. The Morgan fingerprint density at radius 2 is 1.95 bits per heavy atom. The van der Waals surface area contributed by atoms with Crippen molar-refractivity contribution in [3.8, 4) is 6.07 Å². The maximum absolute atomic E-state index is 10.9. The lowest BCUT2D eigenvalue weighted by Gasteiger charge is -2.23. The van der Waals surface area contributed by atoms with Crippen molar-refractivity contribution in [2.24, 2.45) is 0 Å². The molecule has 2 aromatic carbocycles. The molecule has 0 bridgehead atoms. The van der Waals surface area contributed by atoms with Crippen molar-refractivity contribution in [2.75, 3.05) is 11.4 Å². The van der Waals surface area contributed by atoms with Gasteiger partial charge in [-0.1, -0.05) is 23.7 Å². The SMILES string of the molecule is CCN(Cc1ccc(Cl)cc1)c1ccc([N+](=O)[O-])c(C#N)c1. The molecular weight excluding hydrogens is 302 g/mol. The molecule has 0 aliphatic heterocycles. The van der Waals surface area contributed by atoms with Gasteiger partial charge in [0.1, 0.15) is 11.6 Å². The molecule has 2 aromatic rings. The molecule has 0 N–H and O–H groups in total. The zero-order valence-corrected chi connectivity index (χ0v) is 12.7. The lowest BCUT2D eigenvalue weighted by molar-refractivity contribution is -0.385. The molecule has 0 radical (unpaired) electrons. The van der Waals surface area contributed by atoms with Gasteiger partial charge in [0.15, 0.2) is 0 Å². The Morgan fingerprint density at radius 1 is 1.27 bits per heavy atom. The highest BCUT2D eigenvalue weighted by molar-refractivity contribution is 6.30. The number of hydrogen-bond acceptors (Lipinski definition) is 4. The standard InChI is InChI=1S/C16H14ClN3O2/c1-2-19(11-12-3-5-14(17)6-4-12)15-7-8-16(20(21)22)13(9-15)10-18/h3-9H,2,11H2,1H3. The highest BCUT2D eigenvalue weighted by Crippen LogP contribution is 2.25. The molecule has 0 amide bonds. The number of nitrogens with zero attached hydrogens (tertiary/aromatic N) is 3. The number of halogens is 1. The summed E-state index contributed by atoms with van der Waals surface area (Å²) in [5.74, 6) is 0. The van der Waals surface area contributed by atoms with E-state index in [1.54, 1.807) is 12.1 Å².